The Morgan fingerprint density at radius 3 is 2.94 bits per heavy atom. The lowest BCUT2D eigenvalue weighted by atomic mass is 10.2. The van der Waals surface area contributed by atoms with Gasteiger partial charge in [-0.1, -0.05) is 0 Å². The lowest BCUT2D eigenvalue weighted by molar-refractivity contribution is 0.204. The second kappa shape index (κ2) is 5.98. The molecule has 1 aliphatic rings. The van der Waals surface area contributed by atoms with Crippen LogP contribution in [0.25, 0.3) is 0 Å². The maximum Gasteiger partial charge on any atom is 0.0558 e. The van der Waals surface area contributed by atoms with Crippen molar-refractivity contribution in [2.45, 2.75) is 13.3 Å². The number of aromatic nitrogens is 1. The molecule has 4 nitrogen and oxygen atoms in total. The van der Waals surface area contributed by atoms with E-state index in [9.17, 15) is 0 Å². The van der Waals surface area contributed by atoms with E-state index >= 15 is 0 Å². The number of nitrogens with zero attached hydrogens (tertiary/aromatic N) is 3. The number of aliphatic hydroxyl groups excluding tert-OH is 1. The van der Waals surface area contributed by atoms with Crippen molar-refractivity contribution in [1.82, 2.24) is 9.88 Å². The van der Waals surface area contributed by atoms with E-state index < -0.39 is 0 Å². The Kier molecular flexibility index (Phi) is 4.34. The normalized spacial score (nSPS) is 18.1. The summed E-state index contributed by atoms with van der Waals surface area (Å²) in [4.78, 5) is 8.89. The van der Waals surface area contributed by atoms with Crippen molar-refractivity contribution < 1.29 is 5.11 Å². The minimum Gasteiger partial charge on any atom is -0.395 e. The third kappa shape index (κ3) is 3.17. The minimum absolute atomic E-state index is 0.258. The minimum atomic E-state index is 0.258. The van der Waals surface area contributed by atoms with Crippen molar-refractivity contribution in [1.29, 1.82) is 0 Å². The zero-order valence-electron chi connectivity index (χ0n) is 10.5. The highest BCUT2D eigenvalue weighted by Gasteiger charge is 2.15. The molecule has 1 N–H and O–H groups in total. The fourth-order valence-electron chi connectivity index (χ4n) is 2.40. The largest absolute Gasteiger partial charge is 0.395 e. The van der Waals surface area contributed by atoms with Crippen LogP contribution in [0.15, 0.2) is 18.5 Å². The molecule has 2 rings (SSSR count). The van der Waals surface area contributed by atoms with Crippen LogP contribution in [0.4, 0.5) is 5.69 Å². The highest BCUT2D eigenvalue weighted by atomic mass is 16.3. The van der Waals surface area contributed by atoms with Crippen molar-refractivity contribution in [3.8, 4) is 0 Å². The molecular weight excluding hydrogens is 214 g/mol. The summed E-state index contributed by atoms with van der Waals surface area (Å²) in [5.41, 5.74) is 2.54. The lowest BCUT2D eigenvalue weighted by Gasteiger charge is -2.24. The van der Waals surface area contributed by atoms with Gasteiger partial charge in [-0.25, -0.2) is 0 Å². The maximum atomic E-state index is 8.97. The van der Waals surface area contributed by atoms with Crippen LogP contribution in [0.1, 0.15) is 12.0 Å². The molecule has 0 radical (unpaired) electrons. The molecule has 17 heavy (non-hydrogen) atoms. The second-order valence-corrected chi connectivity index (χ2v) is 4.57. The molecule has 1 aromatic rings. The molecule has 94 valence electrons. The smallest absolute Gasteiger partial charge is 0.0558 e. The van der Waals surface area contributed by atoms with Crippen LogP contribution in [0, 0.1) is 6.92 Å². The fraction of sp³-hybridized carbons (Fsp3) is 0.615. The van der Waals surface area contributed by atoms with Crippen LogP contribution in [-0.4, -0.2) is 54.3 Å². The molecule has 1 saturated heterocycles. The van der Waals surface area contributed by atoms with Gasteiger partial charge in [-0.2, -0.15) is 0 Å². The zero-order valence-corrected chi connectivity index (χ0v) is 10.5. The van der Waals surface area contributed by atoms with Crippen molar-refractivity contribution in [2.75, 3.05) is 44.2 Å². The molecule has 0 aliphatic carbocycles. The monoisotopic (exact) mass is 235 g/mol. The standard InChI is InChI=1S/C13H21N3O/c1-12-11-14-4-3-13(12)16-6-2-5-15(7-8-16)9-10-17/h3-4,11,17H,2,5-10H2,1H3. The molecule has 0 aromatic carbocycles. The molecule has 0 amide bonds. The number of aryl methyl sites for hydroxylation is 1. The summed E-state index contributed by atoms with van der Waals surface area (Å²) >= 11 is 0. The van der Waals surface area contributed by atoms with Crippen molar-refractivity contribution in [3.05, 3.63) is 24.0 Å². The van der Waals surface area contributed by atoms with E-state index in [1.165, 1.54) is 11.3 Å². The first-order valence-electron chi connectivity index (χ1n) is 6.30. The van der Waals surface area contributed by atoms with Crippen LogP contribution in [-0.2, 0) is 0 Å². The number of β-amino-alcohol motifs (C(OH)–C–C–N with tert-alkyl or cyclic N) is 1. The van der Waals surface area contributed by atoms with E-state index in [2.05, 4.69) is 27.8 Å². The average molecular weight is 235 g/mol. The number of rotatable bonds is 3. The van der Waals surface area contributed by atoms with Crippen molar-refractivity contribution in [3.63, 3.8) is 0 Å². The van der Waals surface area contributed by atoms with Crippen LogP contribution in [0.3, 0.4) is 0 Å². The number of anilines is 1. The van der Waals surface area contributed by atoms with Gasteiger partial charge < -0.3 is 10.0 Å². The summed E-state index contributed by atoms with van der Waals surface area (Å²) in [6, 6.07) is 2.09. The molecule has 0 atom stereocenters. The van der Waals surface area contributed by atoms with E-state index in [-0.39, 0.29) is 6.61 Å². The van der Waals surface area contributed by atoms with E-state index in [0.717, 1.165) is 39.1 Å². The number of pyridine rings is 1. The quantitative estimate of drug-likeness (QED) is 0.845. The molecule has 4 heteroatoms. The molecular formula is C13H21N3O. The van der Waals surface area contributed by atoms with Crippen molar-refractivity contribution >= 4 is 5.69 Å². The highest BCUT2D eigenvalue weighted by molar-refractivity contribution is 5.51. The molecule has 2 heterocycles. The molecule has 1 aromatic heterocycles. The summed E-state index contributed by atoms with van der Waals surface area (Å²) in [7, 11) is 0. The summed E-state index contributed by atoms with van der Waals surface area (Å²) in [6.07, 6.45) is 4.94. The predicted octanol–water partition coefficient (Wildman–Crippen LogP) is 0.894. The first kappa shape index (κ1) is 12.3. The van der Waals surface area contributed by atoms with Gasteiger partial charge >= 0.3 is 0 Å². The zero-order chi connectivity index (χ0) is 12.1. The van der Waals surface area contributed by atoms with Crippen LogP contribution in [0.2, 0.25) is 0 Å². The third-order valence-corrected chi connectivity index (χ3v) is 3.34. The van der Waals surface area contributed by atoms with Gasteiger partial charge in [0.25, 0.3) is 0 Å². The number of hydrogen-bond donors (Lipinski definition) is 1. The first-order valence-corrected chi connectivity index (χ1v) is 6.30. The Morgan fingerprint density at radius 2 is 2.18 bits per heavy atom. The van der Waals surface area contributed by atoms with Gasteiger partial charge in [0.1, 0.15) is 0 Å². The Labute approximate surface area is 103 Å². The van der Waals surface area contributed by atoms with E-state index in [0.29, 0.717) is 0 Å². The van der Waals surface area contributed by atoms with E-state index in [1.54, 1.807) is 0 Å². The van der Waals surface area contributed by atoms with Crippen LogP contribution < -0.4 is 4.90 Å². The van der Waals surface area contributed by atoms with Gasteiger partial charge in [0.15, 0.2) is 0 Å². The number of aliphatic hydroxyl groups is 1. The topological polar surface area (TPSA) is 39.6 Å². The van der Waals surface area contributed by atoms with Gasteiger partial charge in [-0.15, -0.1) is 0 Å². The molecule has 0 spiro atoms. The van der Waals surface area contributed by atoms with Gasteiger partial charge in [-0.3, -0.25) is 9.88 Å². The second-order valence-electron chi connectivity index (χ2n) is 4.57. The SMILES string of the molecule is Cc1cnccc1N1CCCN(CCO)CC1. The molecule has 0 bridgehead atoms. The van der Waals surface area contributed by atoms with Crippen LogP contribution >= 0.6 is 0 Å². The predicted molar refractivity (Wildman–Crippen MR) is 69.3 cm³/mol. The van der Waals surface area contributed by atoms with Gasteiger partial charge in [0.05, 0.1) is 6.61 Å². The highest BCUT2D eigenvalue weighted by Crippen LogP contribution is 2.19. The van der Waals surface area contributed by atoms with E-state index in [4.69, 9.17) is 5.11 Å². The summed E-state index contributed by atoms with van der Waals surface area (Å²) < 4.78 is 0. The lowest BCUT2D eigenvalue weighted by Crippen LogP contribution is -2.32. The van der Waals surface area contributed by atoms with Gasteiger partial charge in [0, 0.05) is 44.3 Å². The molecule has 1 fully saturated rings. The summed E-state index contributed by atoms with van der Waals surface area (Å²) in [5, 5.41) is 8.97. The Hall–Kier alpha value is -1.13. The summed E-state index contributed by atoms with van der Waals surface area (Å²) in [5.74, 6) is 0. The third-order valence-electron chi connectivity index (χ3n) is 3.34. The maximum absolute atomic E-state index is 8.97. The van der Waals surface area contributed by atoms with E-state index in [1.807, 2.05) is 12.4 Å². The van der Waals surface area contributed by atoms with Gasteiger partial charge in [0.2, 0.25) is 0 Å². The first-order chi connectivity index (χ1) is 8.31. The Morgan fingerprint density at radius 1 is 1.29 bits per heavy atom. The van der Waals surface area contributed by atoms with Gasteiger partial charge in [-0.05, 0) is 31.5 Å². The molecule has 0 unspecified atom stereocenters. The molecule has 1 aliphatic heterocycles. The fourth-order valence-corrected chi connectivity index (χ4v) is 2.40. The number of hydrogen-bond acceptors (Lipinski definition) is 4. The Bertz CT molecular complexity index is 356. The molecule has 0 saturated carbocycles. The van der Waals surface area contributed by atoms with Crippen molar-refractivity contribution in [2.24, 2.45) is 0 Å². The summed E-state index contributed by atoms with van der Waals surface area (Å²) in [6.45, 7) is 7.40. The average Bonchev–Trinajstić information content (AvgIpc) is 2.56. The van der Waals surface area contributed by atoms with Crippen LogP contribution in [0.5, 0.6) is 0 Å². The Balaban J connectivity index is 2.01.